The Balaban J connectivity index is 2.95. The lowest BCUT2D eigenvalue weighted by Crippen LogP contribution is -2.35. The summed E-state index contributed by atoms with van der Waals surface area (Å²) in [7, 11) is 0. The number of benzene rings is 1. The van der Waals surface area contributed by atoms with Crippen molar-refractivity contribution in [3.63, 3.8) is 0 Å². The van der Waals surface area contributed by atoms with Gasteiger partial charge in [0.05, 0.1) is 12.7 Å². The normalized spacial score (nSPS) is 15.1. The van der Waals surface area contributed by atoms with Crippen molar-refractivity contribution < 1.29 is 9.53 Å². The second kappa shape index (κ2) is 6.94. The van der Waals surface area contributed by atoms with Crippen LogP contribution in [0.15, 0.2) is 30.3 Å². The molecule has 1 aromatic rings. The summed E-state index contributed by atoms with van der Waals surface area (Å²) in [6.07, 6.45) is 1.44. The number of rotatable bonds is 6. The Labute approximate surface area is 115 Å². The van der Waals surface area contributed by atoms with E-state index in [0.29, 0.717) is 13.0 Å². The molecular formula is C16H21NO2. The molecule has 0 radical (unpaired) electrons. The highest BCUT2D eigenvalue weighted by molar-refractivity contribution is 5.76. The molecule has 0 N–H and O–H groups in total. The number of ether oxygens (including phenoxy) is 1. The summed E-state index contributed by atoms with van der Waals surface area (Å²) >= 11 is 0. The first-order chi connectivity index (χ1) is 9.07. The van der Waals surface area contributed by atoms with Gasteiger partial charge >= 0.3 is 5.97 Å². The first-order valence-corrected chi connectivity index (χ1v) is 6.67. The predicted octanol–water partition coefficient (Wildman–Crippen LogP) is 3.35. The Kier molecular flexibility index (Phi) is 5.57. The van der Waals surface area contributed by atoms with Crippen LogP contribution in [0.1, 0.15) is 32.8 Å². The number of hydrogen-bond donors (Lipinski definition) is 0. The minimum Gasteiger partial charge on any atom is -0.465 e. The summed E-state index contributed by atoms with van der Waals surface area (Å²) in [5.41, 5.74) is 0.735. The molecule has 0 aliphatic carbocycles. The second-order valence-corrected chi connectivity index (χ2v) is 4.98. The smallest absolute Gasteiger partial charge is 0.323 e. The van der Waals surface area contributed by atoms with Crippen LogP contribution in [0.5, 0.6) is 0 Å². The van der Waals surface area contributed by atoms with Gasteiger partial charge in [0.25, 0.3) is 0 Å². The zero-order chi connectivity index (χ0) is 14.3. The second-order valence-electron chi connectivity index (χ2n) is 4.98. The average Bonchev–Trinajstić information content (AvgIpc) is 2.41. The molecular weight excluding hydrogens is 238 g/mol. The van der Waals surface area contributed by atoms with Gasteiger partial charge in [0.15, 0.2) is 0 Å². The van der Waals surface area contributed by atoms with Gasteiger partial charge in [-0.1, -0.05) is 44.2 Å². The fourth-order valence-electron chi connectivity index (χ4n) is 2.21. The summed E-state index contributed by atoms with van der Waals surface area (Å²) < 4.78 is 5.02. The lowest BCUT2D eigenvalue weighted by molar-refractivity contribution is -0.149. The minimum absolute atomic E-state index is 0.308. The molecule has 1 aromatic carbocycles. The zero-order valence-electron chi connectivity index (χ0n) is 11.8. The molecule has 0 unspecified atom stereocenters. The van der Waals surface area contributed by atoms with E-state index < -0.39 is 17.3 Å². The standard InChI is InChI=1S/C16H21NO2/c1-4-16(3,11-13-9-7-6-8-10-13)14(12-17)15(18)19-5-2/h6-10,14H,4-5,11H2,1-3H3/t14-,16+/m1/s1. The summed E-state index contributed by atoms with van der Waals surface area (Å²) in [5, 5.41) is 9.32. The lowest BCUT2D eigenvalue weighted by atomic mass is 9.71. The van der Waals surface area contributed by atoms with Crippen molar-refractivity contribution in [2.75, 3.05) is 6.61 Å². The summed E-state index contributed by atoms with van der Waals surface area (Å²) in [4.78, 5) is 11.9. The third kappa shape index (κ3) is 3.82. The first-order valence-electron chi connectivity index (χ1n) is 6.67. The van der Waals surface area contributed by atoms with Crippen molar-refractivity contribution in [3.8, 4) is 6.07 Å². The van der Waals surface area contributed by atoms with Gasteiger partial charge in [-0.3, -0.25) is 4.79 Å². The van der Waals surface area contributed by atoms with Crippen LogP contribution in [-0.2, 0) is 16.0 Å². The Morgan fingerprint density at radius 3 is 2.47 bits per heavy atom. The van der Waals surface area contributed by atoms with Crippen LogP contribution in [-0.4, -0.2) is 12.6 Å². The molecule has 3 nitrogen and oxygen atoms in total. The maximum atomic E-state index is 11.9. The van der Waals surface area contributed by atoms with Crippen molar-refractivity contribution in [1.82, 2.24) is 0 Å². The van der Waals surface area contributed by atoms with Gasteiger partial charge in [0.2, 0.25) is 0 Å². The molecule has 0 amide bonds. The van der Waals surface area contributed by atoms with Crippen LogP contribution in [0.4, 0.5) is 0 Å². The Hall–Kier alpha value is -1.82. The molecule has 0 aromatic heterocycles. The number of carbonyl (C=O) groups is 1. The van der Waals surface area contributed by atoms with Gasteiger partial charge in [-0.05, 0) is 30.7 Å². The van der Waals surface area contributed by atoms with Gasteiger partial charge < -0.3 is 4.74 Å². The van der Waals surface area contributed by atoms with E-state index in [1.807, 2.05) is 44.2 Å². The van der Waals surface area contributed by atoms with Gasteiger partial charge in [-0.2, -0.15) is 5.26 Å². The van der Waals surface area contributed by atoms with Gasteiger partial charge in [-0.25, -0.2) is 0 Å². The zero-order valence-corrected chi connectivity index (χ0v) is 11.8. The number of carbonyl (C=O) groups excluding carboxylic acids is 1. The fourth-order valence-corrected chi connectivity index (χ4v) is 2.21. The fraction of sp³-hybridized carbons (Fsp3) is 0.500. The van der Waals surface area contributed by atoms with Gasteiger partial charge in [0, 0.05) is 0 Å². The molecule has 1 rings (SSSR count). The van der Waals surface area contributed by atoms with Crippen LogP contribution in [0.2, 0.25) is 0 Å². The average molecular weight is 259 g/mol. The largest absolute Gasteiger partial charge is 0.465 e. The van der Waals surface area contributed by atoms with Crippen molar-refractivity contribution in [1.29, 1.82) is 5.26 Å². The van der Waals surface area contributed by atoms with E-state index in [1.165, 1.54) is 0 Å². The maximum Gasteiger partial charge on any atom is 0.323 e. The number of esters is 1. The molecule has 0 saturated heterocycles. The molecule has 0 saturated carbocycles. The molecule has 3 heteroatoms. The minimum atomic E-state index is -0.724. The first kappa shape index (κ1) is 15.2. The van der Waals surface area contributed by atoms with E-state index in [-0.39, 0.29) is 0 Å². The lowest BCUT2D eigenvalue weighted by Gasteiger charge is -2.31. The Bertz CT molecular complexity index is 450. The highest BCUT2D eigenvalue weighted by Gasteiger charge is 2.39. The molecule has 0 fully saturated rings. The van der Waals surface area contributed by atoms with E-state index in [9.17, 15) is 10.1 Å². The van der Waals surface area contributed by atoms with Crippen molar-refractivity contribution in [2.45, 2.75) is 33.6 Å². The third-order valence-electron chi connectivity index (χ3n) is 3.61. The number of nitrogens with zero attached hydrogens (tertiary/aromatic N) is 1. The van der Waals surface area contributed by atoms with Crippen molar-refractivity contribution in [3.05, 3.63) is 35.9 Å². The summed E-state index contributed by atoms with van der Waals surface area (Å²) in [5.74, 6) is -1.14. The van der Waals surface area contributed by atoms with E-state index in [1.54, 1.807) is 6.92 Å². The number of nitriles is 1. The van der Waals surface area contributed by atoms with E-state index in [0.717, 1.165) is 12.0 Å². The molecule has 102 valence electrons. The monoisotopic (exact) mass is 259 g/mol. The Morgan fingerprint density at radius 1 is 1.37 bits per heavy atom. The molecule has 0 aliphatic heterocycles. The van der Waals surface area contributed by atoms with E-state index >= 15 is 0 Å². The molecule has 0 aliphatic rings. The molecule has 2 atom stereocenters. The number of hydrogen-bond acceptors (Lipinski definition) is 3. The summed E-state index contributed by atoms with van der Waals surface area (Å²) in [6, 6.07) is 12.1. The maximum absolute atomic E-state index is 11.9. The Morgan fingerprint density at radius 2 is 2.00 bits per heavy atom. The molecule has 0 spiro atoms. The van der Waals surface area contributed by atoms with Gasteiger partial charge in [-0.15, -0.1) is 0 Å². The molecule has 0 heterocycles. The highest BCUT2D eigenvalue weighted by atomic mass is 16.5. The molecule has 19 heavy (non-hydrogen) atoms. The quantitative estimate of drug-likeness (QED) is 0.736. The van der Waals surface area contributed by atoms with Crippen LogP contribution >= 0.6 is 0 Å². The van der Waals surface area contributed by atoms with Crippen LogP contribution in [0.25, 0.3) is 0 Å². The molecule has 0 bridgehead atoms. The summed E-state index contributed by atoms with van der Waals surface area (Å²) in [6.45, 7) is 6.05. The van der Waals surface area contributed by atoms with E-state index in [2.05, 4.69) is 6.07 Å². The van der Waals surface area contributed by atoms with Crippen molar-refractivity contribution >= 4 is 5.97 Å². The predicted molar refractivity (Wildman–Crippen MR) is 74.3 cm³/mol. The topological polar surface area (TPSA) is 50.1 Å². The third-order valence-corrected chi connectivity index (χ3v) is 3.61. The van der Waals surface area contributed by atoms with Crippen LogP contribution in [0.3, 0.4) is 0 Å². The highest BCUT2D eigenvalue weighted by Crippen LogP contribution is 2.35. The van der Waals surface area contributed by atoms with Gasteiger partial charge in [0.1, 0.15) is 5.92 Å². The van der Waals surface area contributed by atoms with Crippen molar-refractivity contribution in [2.24, 2.45) is 11.3 Å². The van der Waals surface area contributed by atoms with Crippen LogP contribution in [0, 0.1) is 22.7 Å². The van der Waals surface area contributed by atoms with Crippen LogP contribution < -0.4 is 0 Å². The van der Waals surface area contributed by atoms with E-state index in [4.69, 9.17) is 4.74 Å². The SMILES string of the molecule is CCOC(=O)[C@@H](C#N)[C@@](C)(CC)Cc1ccccc1.